The van der Waals surface area contributed by atoms with Crippen molar-refractivity contribution in [3.63, 3.8) is 0 Å². The number of ether oxygens (including phenoxy) is 1. The van der Waals surface area contributed by atoms with E-state index in [1.807, 2.05) is 18.2 Å². The van der Waals surface area contributed by atoms with Crippen molar-refractivity contribution >= 4 is 15.9 Å². The molecule has 2 N–H and O–H groups in total. The predicted molar refractivity (Wildman–Crippen MR) is 49.7 cm³/mol. The van der Waals surface area contributed by atoms with Crippen molar-refractivity contribution in [1.29, 1.82) is 0 Å². The number of rotatable bonds is 3. The fraction of sp³-hybridized carbons (Fsp3) is 0.250. The summed E-state index contributed by atoms with van der Waals surface area (Å²) >= 11 is 3.38. The van der Waals surface area contributed by atoms with E-state index < -0.39 is 0 Å². The lowest BCUT2D eigenvalue weighted by atomic mass is 10.2. The van der Waals surface area contributed by atoms with Crippen LogP contribution in [0.1, 0.15) is 5.56 Å². The fourth-order valence-corrected chi connectivity index (χ4v) is 1.46. The Bertz CT molecular complexity index is 265. The number of benzene rings is 1. The third-order valence-corrected chi connectivity index (χ3v) is 2.40. The summed E-state index contributed by atoms with van der Waals surface area (Å²) in [6, 6.07) is 5.67. The molecule has 0 heterocycles. The fourth-order valence-electron chi connectivity index (χ4n) is 0.915. The number of hydrogen-bond donors (Lipinski definition) is 1. The molecule has 0 fully saturated rings. The topological polar surface area (TPSA) is 44.5 Å². The van der Waals surface area contributed by atoms with Crippen LogP contribution in [0.25, 0.3) is 0 Å². The van der Waals surface area contributed by atoms with Crippen LogP contribution in [-0.2, 0) is 11.4 Å². The van der Waals surface area contributed by atoms with Crippen molar-refractivity contribution in [2.75, 3.05) is 7.11 Å². The lowest BCUT2D eigenvalue weighted by molar-refractivity contribution is 0.123. The Morgan fingerprint density at radius 1 is 1.50 bits per heavy atom. The zero-order chi connectivity index (χ0) is 8.97. The van der Waals surface area contributed by atoms with Crippen LogP contribution in [0, 0.1) is 0 Å². The minimum absolute atomic E-state index is 0.373. The molecule has 0 bridgehead atoms. The summed E-state index contributed by atoms with van der Waals surface area (Å²) in [5.41, 5.74) is 0.969. The summed E-state index contributed by atoms with van der Waals surface area (Å²) < 4.78 is 5.98. The van der Waals surface area contributed by atoms with Crippen LogP contribution >= 0.6 is 15.9 Å². The van der Waals surface area contributed by atoms with E-state index >= 15 is 0 Å². The average molecular weight is 232 g/mol. The van der Waals surface area contributed by atoms with Crippen LogP contribution < -0.4 is 10.6 Å². The Kier molecular flexibility index (Phi) is 3.52. The summed E-state index contributed by atoms with van der Waals surface area (Å²) in [5, 5.41) is 0. The van der Waals surface area contributed by atoms with E-state index in [0.29, 0.717) is 6.61 Å². The molecule has 0 aliphatic carbocycles. The molecule has 0 atom stereocenters. The highest BCUT2D eigenvalue weighted by atomic mass is 79.9. The molecule has 1 aromatic rings. The summed E-state index contributed by atoms with van der Waals surface area (Å²) in [5.74, 6) is 5.74. The van der Waals surface area contributed by atoms with Gasteiger partial charge in [-0.2, -0.15) is 0 Å². The minimum atomic E-state index is 0.373. The summed E-state index contributed by atoms with van der Waals surface area (Å²) in [6.45, 7) is 0.373. The highest BCUT2D eigenvalue weighted by molar-refractivity contribution is 9.10. The smallest absolute Gasteiger partial charge is 0.133 e. The minimum Gasteiger partial charge on any atom is -0.496 e. The molecule has 12 heavy (non-hydrogen) atoms. The largest absolute Gasteiger partial charge is 0.496 e. The summed E-state index contributed by atoms with van der Waals surface area (Å²) in [4.78, 5) is 4.52. The summed E-state index contributed by atoms with van der Waals surface area (Å²) in [7, 11) is 1.62. The molecule has 0 aromatic heterocycles. The van der Waals surface area contributed by atoms with Gasteiger partial charge in [0.15, 0.2) is 0 Å². The number of methoxy groups -OCH3 is 1. The van der Waals surface area contributed by atoms with E-state index in [1.54, 1.807) is 7.11 Å². The van der Waals surface area contributed by atoms with Gasteiger partial charge in [-0.25, -0.2) is 5.90 Å². The number of hydrogen-bond acceptors (Lipinski definition) is 3. The molecule has 3 nitrogen and oxygen atoms in total. The average Bonchev–Trinajstić information content (AvgIpc) is 2.09. The van der Waals surface area contributed by atoms with Gasteiger partial charge in [-0.15, -0.1) is 0 Å². The maximum absolute atomic E-state index is 5.09. The molecule has 0 saturated heterocycles. The van der Waals surface area contributed by atoms with Gasteiger partial charge in [-0.1, -0.05) is 12.1 Å². The first-order chi connectivity index (χ1) is 5.79. The predicted octanol–water partition coefficient (Wildman–Crippen LogP) is 1.85. The van der Waals surface area contributed by atoms with E-state index in [4.69, 9.17) is 10.6 Å². The van der Waals surface area contributed by atoms with Gasteiger partial charge in [0.1, 0.15) is 5.75 Å². The number of halogens is 1. The maximum atomic E-state index is 5.09. The first-order valence-corrected chi connectivity index (χ1v) is 4.22. The van der Waals surface area contributed by atoms with Crippen LogP contribution in [0.3, 0.4) is 0 Å². The zero-order valence-corrected chi connectivity index (χ0v) is 8.30. The Balaban J connectivity index is 2.97. The highest BCUT2D eigenvalue weighted by Crippen LogP contribution is 2.28. The van der Waals surface area contributed by atoms with Crippen LogP contribution in [-0.4, -0.2) is 7.11 Å². The van der Waals surface area contributed by atoms with Crippen LogP contribution in [0.2, 0.25) is 0 Å². The van der Waals surface area contributed by atoms with Gasteiger partial charge in [0.25, 0.3) is 0 Å². The van der Waals surface area contributed by atoms with Crippen LogP contribution in [0.15, 0.2) is 22.7 Å². The van der Waals surface area contributed by atoms with E-state index in [2.05, 4.69) is 20.8 Å². The lowest BCUT2D eigenvalue weighted by Crippen LogP contribution is -2.00. The van der Waals surface area contributed by atoms with E-state index in [0.717, 1.165) is 15.8 Å². The van der Waals surface area contributed by atoms with Crippen molar-refractivity contribution in [2.24, 2.45) is 5.90 Å². The van der Waals surface area contributed by atoms with Crippen LogP contribution in [0.5, 0.6) is 5.75 Å². The molecule has 0 saturated carbocycles. The normalized spacial score (nSPS) is 9.92. The standard InChI is InChI=1S/C8H10BrNO2/c1-11-7-4-2-3-6(5-12-10)8(7)9/h2-4H,5,10H2,1H3. The quantitative estimate of drug-likeness (QED) is 0.808. The van der Waals surface area contributed by atoms with Crippen molar-refractivity contribution in [2.45, 2.75) is 6.61 Å². The van der Waals surface area contributed by atoms with Crippen molar-refractivity contribution in [3.8, 4) is 5.75 Å². The van der Waals surface area contributed by atoms with E-state index in [-0.39, 0.29) is 0 Å². The second-order valence-electron chi connectivity index (χ2n) is 2.24. The first kappa shape index (κ1) is 9.51. The summed E-state index contributed by atoms with van der Waals surface area (Å²) in [6.07, 6.45) is 0. The third-order valence-electron chi connectivity index (χ3n) is 1.50. The Labute approximate surface area is 79.5 Å². The first-order valence-electron chi connectivity index (χ1n) is 3.42. The maximum Gasteiger partial charge on any atom is 0.133 e. The zero-order valence-electron chi connectivity index (χ0n) is 6.71. The van der Waals surface area contributed by atoms with Crippen molar-refractivity contribution in [3.05, 3.63) is 28.2 Å². The third kappa shape index (κ3) is 1.97. The Morgan fingerprint density at radius 2 is 2.25 bits per heavy atom. The molecule has 66 valence electrons. The SMILES string of the molecule is COc1cccc(CON)c1Br. The highest BCUT2D eigenvalue weighted by Gasteiger charge is 2.04. The molecule has 1 rings (SSSR count). The second-order valence-corrected chi connectivity index (χ2v) is 3.04. The molecule has 0 spiro atoms. The Morgan fingerprint density at radius 3 is 2.83 bits per heavy atom. The van der Waals surface area contributed by atoms with Gasteiger partial charge in [-0.05, 0) is 27.6 Å². The van der Waals surface area contributed by atoms with Gasteiger partial charge < -0.3 is 4.74 Å². The van der Waals surface area contributed by atoms with Gasteiger partial charge in [-0.3, -0.25) is 4.84 Å². The van der Waals surface area contributed by atoms with Crippen molar-refractivity contribution < 1.29 is 9.57 Å². The molecule has 0 aliphatic heterocycles. The molecule has 0 unspecified atom stereocenters. The Hall–Kier alpha value is -0.580. The monoisotopic (exact) mass is 231 g/mol. The van der Waals surface area contributed by atoms with Crippen LogP contribution in [0.4, 0.5) is 0 Å². The van der Waals surface area contributed by atoms with Gasteiger partial charge in [0, 0.05) is 0 Å². The second kappa shape index (κ2) is 4.45. The number of nitrogens with two attached hydrogens (primary N) is 1. The lowest BCUT2D eigenvalue weighted by Gasteiger charge is -2.06. The molecular weight excluding hydrogens is 222 g/mol. The van der Waals surface area contributed by atoms with E-state index in [1.165, 1.54) is 0 Å². The van der Waals surface area contributed by atoms with Crippen molar-refractivity contribution in [1.82, 2.24) is 0 Å². The molecule has 0 aliphatic rings. The van der Waals surface area contributed by atoms with Gasteiger partial charge in [0.2, 0.25) is 0 Å². The van der Waals surface area contributed by atoms with E-state index in [9.17, 15) is 0 Å². The van der Waals surface area contributed by atoms with Gasteiger partial charge in [0.05, 0.1) is 18.2 Å². The molecule has 0 radical (unpaired) electrons. The molecular formula is C8H10BrNO2. The molecule has 0 amide bonds. The molecule has 4 heteroatoms. The van der Waals surface area contributed by atoms with Gasteiger partial charge >= 0.3 is 0 Å². The molecule has 1 aromatic carbocycles.